The van der Waals surface area contributed by atoms with Gasteiger partial charge in [0.05, 0.1) is 17.4 Å². The lowest BCUT2D eigenvalue weighted by Crippen LogP contribution is -2.28. The Morgan fingerprint density at radius 2 is 1.61 bits per heavy atom. The lowest BCUT2D eigenvalue weighted by Gasteiger charge is -2.26. The Morgan fingerprint density at radius 3 is 2.19 bits per heavy atom. The van der Waals surface area contributed by atoms with Gasteiger partial charge in [-0.25, -0.2) is 0 Å². The number of aromatic nitrogens is 3. The van der Waals surface area contributed by atoms with Crippen molar-refractivity contribution in [1.82, 2.24) is 15.0 Å². The van der Waals surface area contributed by atoms with Crippen LogP contribution in [0.4, 0.5) is 13.2 Å². The molecule has 3 rings (SSSR count). The van der Waals surface area contributed by atoms with E-state index in [9.17, 15) is 18.3 Å². The molecular formula is C23H30F3N3OSi. The van der Waals surface area contributed by atoms with Gasteiger partial charge in [0, 0.05) is 8.07 Å². The van der Waals surface area contributed by atoms with E-state index in [2.05, 4.69) is 50.6 Å². The Hall–Kier alpha value is -2.19. The van der Waals surface area contributed by atoms with Crippen molar-refractivity contribution in [3.63, 3.8) is 0 Å². The van der Waals surface area contributed by atoms with Crippen molar-refractivity contribution in [2.75, 3.05) is 0 Å². The van der Waals surface area contributed by atoms with Gasteiger partial charge in [0.1, 0.15) is 11.0 Å². The molecule has 0 saturated carbocycles. The van der Waals surface area contributed by atoms with Crippen LogP contribution < -0.4 is 0 Å². The molecule has 0 radical (unpaired) electrons. The SMILES string of the molecule is CC(C)(C)c1cc(-n2nc3ccc(C(F)(F)F)cc3n2)ccc1CC(O)C[Si](C)(C)C. The van der Waals surface area contributed by atoms with Crippen LogP contribution in [-0.4, -0.2) is 34.3 Å². The summed E-state index contributed by atoms with van der Waals surface area (Å²) >= 11 is 0. The highest BCUT2D eigenvalue weighted by atomic mass is 28.3. The van der Waals surface area contributed by atoms with E-state index in [1.807, 2.05) is 18.2 Å². The Labute approximate surface area is 182 Å². The van der Waals surface area contributed by atoms with E-state index in [-0.39, 0.29) is 10.9 Å². The van der Waals surface area contributed by atoms with Crippen LogP contribution in [0.3, 0.4) is 0 Å². The third-order valence-electron chi connectivity index (χ3n) is 5.14. The maximum absolute atomic E-state index is 13.0. The van der Waals surface area contributed by atoms with Crippen LogP contribution in [0.25, 0.3) is 16.7 Å². The number of nitrogens with zero attached hydrogens (tertiary/aromatic N) is 3. The summed E-state index contributed by atoms with van der Waals surface area (Å²) in [5.74, 6) is 0. The predicted octanol–water partition coefficient (Wildman–Crippen LogP) is 5.98. The first kappa shape index (κ1) is 23.5. The summed E-state index contributed by atoms with van der Waals surface area (Å²) in [6.07, 6.45) is -4.25. The molecule has 168 valence electrons. The van der Waals surface area contributed by atoms with Crippen LogP contribution in [0.1, 0.15) is 37.5 Å². The highest BCUT2D eigenvalue weighted by Gasteiger charge is 2.31. The van der Waals surface area contributed by atoms with Crippen LogP contribution in [-0.2, 0) is 18.0 Å². The van der Waals surface area contributed by atoms with Gasteiger partial charge < -0.3 is 5.11 Å². The van der Waals surface area contributed by atoms with Crippen LogP contribution in [0, 0.1) is 0 Å². The maximum atomic E-state index is 13.0. The summed E-state index contributed by atoms with van der Waals surface area (Å²) in [5.41, 5.74) is 2.49. The van der Waals surface area contributed by atoms with E-state index in [1.54, 1.807) is 0 Å². The standard InChI is InChI=1S/C23H30F3N3OSi/c1-22(2,3)19-13-17(9-7-15(19)11-18(30)14-31(4,5)6)29-27-20-10-8-16(23(24,25)26)12-21(20)28-29/h7-10,12-13,18,30H,11,14H2,1-6H3. The van der Waals surface area contributed by atoms with Crippen molar-refractivity contribution in [1.29, 1.82) is 0 Å². The van der Waals surface area contributed by atoms with Gasteiger partial charge in [0.2, 0.25) is 0 Å². The Kier molecular flexibility index (Phi) is 6.10. The smallest absolute Gasteiger partial charge is 0.393 e. The molecule has 1 unspecified atom stereocenters. The molecule has 0 saturated heterocycles. The molecule has 8 heteroatoms. The Bertz CT molecular complexity index is 1080. The van der Waals surface area contributed by atoms with E-state index in [0.29, 0.717) is 17.6 Å². The normalized spacial score (nSPS) is 14.3. The first-order valence-corrected chi connectivity index (χ1v) is 14.1. The molecule has 4 nitrogen and oxygen atoms in total. The summed E-state index contributed by atoms with van der Waals surface area (Å²) in [6, 6.07) is 10.0. The van der Waals surface area contributed by atoms with Crippen molar-refractivity contribution >= 4 is 19.1 Å². The molecule has 1 atom stereocenters. The first-order chi connectivity index (χ1) is 14.1. The van der Waals surface area contributed by atoms with E-state index in [0.717, 1.165) is 29.3 Å². The quantitative estimate of drug-likeness (QED) is 0.488. The van der Waals surface area contributed by atoms with Gasteiger partial charge in [-0.05, 0) is 59.3 Å². The van der Waals surface area contributed by atoms with E-state index >= 15 is 0 Å². The average Bonchev–Trinajstić information content (AvgIpc) is 3.01. The van der Waals surface area contributed by atoms with E-state index < -0.39 is 25.9 Å². The highest BCUT2D eigenvalue weighted by Crippen LogP contribution is 2.32. The van der Waals surface area contributed by atoms with Gasteiger partial charge in [-0.3, -0.25) is 0 Å². The minimum Gasteiger partial charge on any atom is -0.393 e. The number of alkyl halides is 3. The van der Waals surface area contributed by atoms with Crippen LogP contribution in [0.2, 0.25) is 25.7 Å². The molecule has 3 aromatic rings. The molecule has 1 aromatic heterocycles. The molecule has 0 bridgehead atoms. The largest absolute Gasteiger partial charge is 0.416 e. The number of aliphatic hydroxyl groups is 1. The topological polar surface area (TPSA) is 50.9 Å². The minimum atomic E-state index is -4.42. The van der Waals surface area contributed by atoms with Crippen molar-refractivity contribution in [2.45, 2.75) is 70.6 Å². The molecule has 1 heterocycles. The molecule has 0 fully saturated rings. The van der Waals surface area contributed by atoms with Crippen molar-refractivity contribution in [3.05, 3.63) is 53.1 Å². The molecule has 2 aromatic carbocycles. The monoisotopic (exact) mass is 449 g/mol. The predicted molar refractivity (Wildman–Crippen MR) is 120 cm³/mol. The van der Waals surface area contributed by atoms with Crippen LogP contribution in [0.5, 0.6) is 0 Å². The molecule has 0 spiro atoms. The number of fused-ring (bicyclic) bond motifs is 1. The molecule has 0 aliphatic carbocycles. The molecule has 0 amide bonds. The number of hydrogen-bond acceptors (Lipinski definition) is 3. The van der Waals surface area contributed by atoms with Gasteiger partial charge in [0.25, 0.3) is 0 Å². The van der Waals surface area contributed by atoms with Crippen molar-refractivity contribution in [2.24, 2.45) is 0 Å². The summed E-state index contributed by atoms with van der Waals surface area (Å²) in [4.78, 5) is 1.38. The van der Waals surface area contributed by atoms with Gasteiger partial charge in [-0.1, -0.05) is 46.5 Å². The first-order valence-electron chi connectivity index (χ1n) is 10.4. The van der Waals surface area contributed by atoms with Crippen LogP contribution >= 0.6 is 0 Å². The molecular weight excluding hydrogens is 419 g/mol. The lowest BCUT2D eigenvalue weighted by atomic mass is 9.82. The maximum Gasteiger partial charge on any atom is 0.416 e. The van der Waals surface area contributed by atoms with Gasteiger partial charge in [-0.15, -0.1) is 10.2 Å². The van der Waals surface area contributed by atoms with Gasteiger partial charge >= 0.3 is 6.18 Å². The lowest BCUT2D eigenvalue weighted by molar-refractivity contribution is -0.137. The second-order valence-corrected chi connectivity index (χ2v) is 15.9. The summed E-state index contributed by atoms with van der Waals surface area (Å²) in [5, 5.41) is 19.3. The van der Waals surface area contributed by atoms with Crippen molar-refractivity contribution < 1.29 is 18.3 Å². The zero-order valence-electron chi connectivity index (χ0n) is 18.9. The van der Waals surface area contributed by atoms with E-state index in [4.69, 9.17) is 0 Å². The minimum absolute atomic E-state index is 0.180. The Morgan fingerprint density at radius 1 is 0.968 bits per heavy atom. The average molecular weight is 450 g/mol. The second-order valence-electron chi connectivity index (χ2n) is 10.4. The van der Waals surface area contributed by atoms with Gasteiger partial charge in [-0.2, -0.15) is 18.0 Å². The number of benzene rings is 2. The fourth-order valence-electron chi connectivity index (χ4n) is 3.80. The fraction of sp³-hybridized carbons (Fsp3) is 0.478. The number of halogens is 3. The zero-order chi connectivity index (χ0) is 23.2. The summed E-state index contributed by atoms with van der Waals surface area (Å²) in [6.45, 7) is 13.0. The molecule has 1 N–H and O–H groups in total. The van der Waals surface area contributed by atoms with Gasteiger partial charge in [0.15, 0.2) is 0 Å². The number of rotatable bonds is 5. The molecule has 0 aliphatic heterocycles. The van der Waals surface area contributed by atoms with Crippen LogP contribution in [0.15, 0.2) is 36.4 Å². The zero-order valence-corrected chi connectivity index (χ0v) is 19.9. The third-order valence-corrected chi connectivity index (χ3v) is 6.84. The second kappa shape index (κ2) is 8.06. The number of hydrogen-bond donors (Lipinski definition) is 1. The van der Waals surface area contributed by atoms with E-state index in [1.165, 1.54) is 10.9 Å². The molecule has 0 aliphatic rings. The van der Waals surface area contributed by atoms with Crippen molar-refractivity contribution in [3.8, 4) is 5.69 Å². The molecule has 31 heavy (non-hydrogen) atoms. The Balaban J connectivity index is 1.99. The summed E-state index contributed by atoms with van der Waals surface area (Å²) < 4.78 is 39.0. The third kappa shape index (κ3) is 5.74. The fourth-order valence-corrected chi connectivity index (χ4v) is 5.36. The summed E-state index contributed by atoms with van der Waals surface area (Å²) in [7, 11) is -1.39. The highest BCUT2D eigenvalue weighted by molar-refractivity contribution is 6.76. The number of aliphatic hydroxyl groups excluding tert-OH is 1.